The third-order valence-corrected chi connectivity index (χ3v) is 2.35. The summed E-state index contributed by atoms with van der Waals surface area (Å²) in [7, 11) is 3.41. The number of rotatable bonds is 8. The number of hydrogen-bond acceptors (Lipinski definition) is 4. The van der Waals surface area contributed by atoms with Gasteiger partial charge in [0.05, 0.1) is 25.5 Å². The maximum atomic E-state index is 5.18. The number of hydrogen-bond donors (Lipinski definition) is 1. The molecule has 0 amide bonds. The van der Waals surface area contributed by atoms with Gasteiger partial charge in [-0.3, -0.25) is 4.68 Å². The lowest BCUT2D eigenvalue weighted by atomic mass is 10.3. The van der Waals surface area contributed by atoms with Crippen molar-refractivity contribution >= 4 is 0 Å². The molecule has 0 bridgehead atoms. The monoisotopic (exact) mass is 227 g/mol. The molecule has 1 aromatic heterocycles. The second kappa shape index (κ2) is 7.38. The quantitative estimate of drug-likeness (QED) is 0.663. The van der Waals surface area contributed by atoms with Crippen LogP contribution in [0, 0.1) is 0 Å². The number of ether oxygens (including phenoxy) is 2. The van der Waals surface area contributed by atoms with E-state index in [1.54, 1.807) is 14.2 Å². The predicted octanol–water partition coefficient (Wildman–Crippen LogP) is 0.654. The molecule has 0 radical (unpaired) electrons. The molecule has 0 saturated carbocycles. The van der Waals surface area contributed by atoms with E-state index in [0.717, 1.165) is 26.2 Å². The molecule has 0 aliphatic heterocycles. The Kier molecular flexibility index (Phi) is 6.07. The number of nitrogens with one attached hydrogen (secondary N) is 1. The minimum Gasteiger partial charge on any atom is -0.383 e. The van der Waals surface area contributed by atoms with E-state index in [-0.39, 0.29) is 6.10 Å². The molecule has 0 saturated heterocycles. The van der Waals surface area contributed by atoms with Crippen LogP contribution in [0.3, 0.4) is 0 Å². The van der Waals surface area contributed by atoms with E-state index in [1.165, 1.54) is 5.56 Å². The minimum absolute atomic E-state index is 0.189. The van der Waals surface area contributed by atoms with Crippen molar-refractivity contribution in [3.8, 4) is 0 Å². The van der Waals surface area contributed by atoms with E-state index in [9.17, 15) is 0 Å². The Morgan fingerprint density at radius 2 is 2.31 bits per heavy atom. The Balaban J connectivity index is 2.28. The molecule has 5 heteroatoms. The van der Waals surface area contributed by atoms with Gasteiger partial charge < -0.3 is 14.8 Å². The number of nitrogens with zero attached hydrogens (tertiary/aromatic N) is 2. The highest BCUT2D eigenvalue weighted by atomic mass is 16.5. The molecule has 92 valence electrons. The molecular weight excluding hydrogens is 206 g/mol. The Morgan fingerprint density at radius 3 is 3.00 bits per heavy atom. The summed E-state index contributed by atoms with van der Waals surface area (Å²) in [5, 5.41) is 7.54. The standard InChI is InChI=1S/C11H21N3O2/c1-10(16-3)8-14-9-11(7-13-14)6-12-4-5-15-2/h7,9-10,12H,4-6,8H2,1-3H3. The summed E-state index contributed by atoms with van der Waals surface area (Å²) >= 11 is 0. The van der Waals surface area contributed by atoms with Gasteiger partial charge in [0, 0.05) is 39.1 Å². The molecule has 1 heterocycles. The van der Waals surface area contributed by atoms with Gasteiger partial charge in [-0.2, -0.15) is 5.10 Å². The highest BCUT2D eigenvalue weighted by Crippen LogP contribution is 1.99. The van der Waals surface area contributed by atoms with Gasteiger partial charge in [-0.15, -0.1) is 0 Å². The Bertz CT molecular complexity index is 289. The average Bonchev–Trinajstić information content (AvgIpc) is 2.72. The van der Waals surface area contributed by atoms with Crippen molar-refractivity contribution < 1.29 is 9.47 Å². The normalized spacial score (nSPS) is 12.9. The highest BCUT2D eigenvalue weighted by molar-refractivity contribution is 5.03. The first-order valence-electron chi connectivity index (χ1n) is 5.50. The smallest absolute Gasteiger partial charge is 0.0739 e. The van der Waals surface area contributed by atoms with Crippen LogP contribution in [0.2, 0.25) is 0 Å². The highest BCUT2D eigenvalue weighted by Gasteiger charge is 2.03. The van der Waals surface area contributed by atoms with Gasteiger partial charge in [0.2, 0.25) is 0 Å². The summed E-state index contributed by atoms with van der Waals surface area (Å²) in [4.78, 5) is 0. The van der Waals surface area contributed by atoms with Crippen LogP contribution in [0.4, 0.5) is 0 Å². The largest absolute Gasteiger partial charge is 0.383 e. The maximum absolute atomic E-state index is 5.18. The van der Waals surface area contributed by atoms with Gasteiger partial charge in [-0.1, -0.05) is 0 Å². The van der Waals surface area contributed by atoms with Crippen LogP contribution in [0.15, 0.2) is 12.4 Å². The topological polar surface area (TPSA) is 48.3 Å². The summed E-state index contributed by atoms with van der Waals surface area (Å²) < 4.78 is 12.0. The van der Waals surface area contributed by atoms with Crippen molar-refractivity contribution in [2.24, 2.45) is 0 Å². The fraction of sp³-hybridized carbons (Fsp3) is 0.727. The Hall–Kier alpha value is -0.910. The zero-order valence-corrected chi connectivity index (χ0v) is 10.3. The maximum Gasteiger partial charge on any atom is 0.0739 e. The lowest BCUT2D eigenvalue weighted by Crippen LogP contribution is -2.18. The van der Waals surface area contributed by atoms with Crippen LogP contribution >= 0.6 is 0 Å². The van der Waals surface area contributed by atoms with Crippen molar-refractivity contribution in [3.05, 3.63) is 18.0 Å². The van der Waals surface area contributed by atoms with Crippen molar-refractivity contribution in [3.63, 3.8) is 0 Å². The zero-order valence-electron chi connectivity index (χ0n) is 10.3. The van der Waals surface area contributed by atoms with Crippen LogP contribution in [-0.4, -0.2) is 43.3 Å². The van der Waals surface area contributed by atoms with Gasteiger partial charge in [0.15, 0.2) is 0 Å². The molecule has 1 unspecified atom stereocenters. The van der Waals surface area contributed by atoms with Crippen molar-refractivity contribution in [2.75, 3.05) is 27.4 Å². The van der Waals surface area contributed by atoms with Crippen LogP contribution in [0.25, 0.3) is 0 Å². The first kappa shape index (κ1) is 13.2. The van der Waals surface area contributed by atoms with Crippen LogP contribution in [0.5, 0.6) is 0 Å². The fourth-order valence-corrected chi connectivity index (χ4v) is 1.34. The second-order valence-electron chi connectivity index (χ2n) is 3.79. The molecule has 0 aliphatic rings. The van der Waals surface area contributed by atoms with Gasteiger partial charge in [-0.25, -0.2) is 0 Å². The van der Waals surface area contributed by atoms with Crippen LogP contribution < -0.4 is 5.32 Å². The summed E-state index contributed by atoms with van der Waals surface area (Å²) in [6.07, 6.45) is 4.10. The molecule has 5 nitrogen and oxygen atoms in total. The summed E-state index contributed by atoms with van der Waals surface area (Å²) in [5.74, 6) is 0. The second-order valence-corrected chi connectivity index (χ2v) is 3.79. The molecule has 1 aromatic rings. The lowest BCUT2D eigenvalue weighted by molar-refractivity contribution is 0.0998. The van der Waals surface area contributed by atoms with Crippen LogP contribution in [-0.2, 0) is 22.6 Å². The Labute approximate surface area is 96.7 Å². The van der Waals surface area contributed by atoms with Crippen molar-refractivity contribution in [1.29, 1.82) is 0 Å². The predicted molar refractivity (Wildman–Crippen MR) is 62.3 cm³/mol. The van der Waals surface area contributed by atoms with Gasteiger partial charge in [0.1, 0.15) is 0 Å². The average molecular weight is 227 g/mol. The SMILES string of the molecule is COCCNCc1cnn(CC(C)OC)c1. The third-order valence-electron chi connectivity index (χ3n) is 2.35. The van der Waals surface area contributed by atoms with Gasteiger partial charge in [-0.05, 0) is 6.92 Å². The molecule has 0 aliphatic carbocycles. The van der Waals surface area contributed by atoms with E-state index in [1.807, 2.05) is 24.0 Å². The molecule has 1 N–H and O–H groups in total. The van der Waals surface area contributed by atoms with Crippen molar-refractivity contribution in [1.82, 2.24) is 15.1 Å². The summed E-state index contributed by atoms with van der Waals surface area (Å²) in [6.45, 7) is 5.22. The van der Waals surface area contributed by atoms with E-state index in [4.69, 9.17) is 9.47 Å². The van der Waals surface area contributed by atoms with E-state index < -0.39 is 0 Å². The third kappa shape index (κ3) is 4.74. The first-order valence-corrected chi connectivity index (χ1v) is 5.50. The molecular formula is C11H21N3O2. The molecule has 0 spiro atoms. The minimum atomic E-state index is 0.189. The van der Waals surface area contributed by atoms with E-state index >= 15 is 0 Å². The summed E-state index contributed by atoms with van der Waals surface area (Å²) in [6, 6.07) is 0. The Morgan fingerprint density at radius 1 is 1.50 bits per heavy atom. The molecule has 0 aromatic carbocycles. The van der Waals surface area contributed by atoms with Crippen molar-refractivity contribution in [2.45, 2.75) is 26.1 Å². The molecule has 1 rings (SSSR count). The summed E-state index contributed by atoms with van der Waals surface area (Å²) in [5.41, 5.74) is 1.18. The first-order chi connectivity index (χ1) is 7.76. The fourth-order valence-electron chi connectivity index (χ4n) is 1.34. The van der Waals surface area contributed by atoms with Crippen LogP contribution in [0.1, 0.15) is 12.5 Å². The van der Waals surface area contributed by atoms with Gasteiger partial charge in [0.25, 0.3) is 0 Å². The number of methoxy groups -OCH3 is 2. The molecule has 16 heavy (non-hydrogen) atoms. The van der Waals surface area contributed by atoms with Gasteiger partial charge >= 0.3 is 0 Å². The van der Waals surface area contributed by atoms with E-state index in [2.05, 4.69) is 10.4 Å². The molecule has 0 fully saturated rings. The lowest BCUT2D eigenvalue weighted by Gasteiger charge is -2.08. The zero-order chi connectivity index (χ0) is 11.8. The number of aromatic nitrogens is 2. The van der Waals surface area contributed by atoms with E-state index in [0.29, 0.717) is 0 Å². The molecule has 1 atom stereocenters.